The first kappa shape index (κ1) is 22.5. The Morgan fingerprint density at radius 3 is 2.42 bits per heavy atom. The number of ether oxygens (including phenoxy) is 1. The van der Waals surface area contributed by atoms with Crippen LogP contribution >= 0.6 is 11.3 Å². The quantitative estimate of drug-likeness (QED) is 0.364. The maximum atomic E-state index is 13.3. The number of carbonyl (C=O) groups is 2. The lowest BCUT2D eigenvalue weighted by molar-refractivity contribution is -0.113. The fraction of sp³-hybridized carbons (Fsp3) is 0.292. The summed E-state index contributed by atoms with van der Waals surface area (Å²) in [6, 6.07) is 9.41. The zero-order valence-electron chi connectivity index (χ0n) is 18.5. The highest BCUT2D eigenvalue weighted by atomic mass is 32.1. The van der Waals surface area contributed by atoms with E-state index in [9.17, 15) is 9.59 Å². The fourth-order valence-electron chi connectivity index (χ4n) is 3.63. The molecule has 31 heavy (non-hydrogen) atoms. The van der Waals surface area contributed by atoms with Gasteiger partial charge in [-0.2, -0.15) is 0 Å². The van der Waals surface area contributed by atoms with Gasteiger partial charge >= 0.3 is 5.97 Å². The van der Waals surface area contributed by atoms with Gasteiger partial charge in [0.1, 0.15) is 0 Å². The van der Waals surface area contributed by atoms with Crippen molar-refractivity contribution in [1.82, 2.24) is 9.55 Å². The summed E-state index contributed by atoms with van der Waals surface area (Å²) in [6.07, 6.45) is 3.20. The summed E-state index contributed by atoms with van der Waals surface area (Å²) in [7, 11) is 0. The van der Waals surface area contributed by atoms with Crippen molar-refractivity contribution >= 4 is 40.1 Å². The molecule has 0 radical (unpaired) electrons. The Morgan fingerprint density at radius 1 is 1.13 bits per heavy atom. The minimum atomic E-state index is -0.377. The van der Waals surface area contributed by atoms with Gasteiger partial charge in [0.05, 0.1) is 23.6 Å². The van der Waals surface area contributed by atoms with Crippen LogP contribution in [0.25, 0.3) is 6.08 Å². The molecule has 2 heterocycles. The lowest BCUT2D eigenvalue weighted by Gasteiger charge is -2.18. The van der Waals surface area contributed by atoms with E-state index in [-0.39, 0.29) is 11.9 Å². The minimum Gasteiger partial charge on any atom is -0.462 e. The molecular formula is C24H27N3O3S. The van der Waals surface area contributed by atoms with E-state index in [1.165, 1.54) is 17.4 Å². The van der Waals surface area contributed by atoms with Crippen molar-refractivity contribution in [3.05, 3.63) is 70.0 Å². The molecule has 0 aliphatic rings. The van der Waals surface area contributed by atoms with E-state index in [2.05, 4.69) is 9.55 Å². The molecule has 7 heteroatoms. The molecule has 0 unspecified atom stereocenters. The molecule has 0 fully saturated rings. The number of nitrogens with zero attached hydrogens (tertiary/aromatic N) is 3. The second kappa shape index (κ2) is 9.75. The van der Waals surface area contributed by atoms with Gasteiger partial charge in [0.2, 0.25) is 0 Å². The molecule has 0 spiro atoms. The monoisotopic (exact) mass is 437 g/mol. The molecule has 0 atom stereocenters. The van der Waals surface area contributed by atoms with Gasteiger partial charge < -0.3 is 9.30 Å². The molecule has 3 aromatic rings. The zero-order chi connectivity index (χ0) is 22.5. The largest absolute Gasteiger partial charge is 0.462 e. The highest BCUT2D eigenvalue weighted by Gasteiger charge is 2.23. The van der Waals surface area contributed by atoms with Crippen molar-refractivity contribution in [3.63, 3.8) is 0 Å². The number of hydrogen-bond donors (Lipinski definition) is 0. The van der Waals surface area contributed by atoms with Crippen molar-refractivity contribution in [1.29, 1.82) is 0 Å². The summed E-state index contributed by atoms with van der Waals surface area (Å²) in [4.78, 5) is 32.0. The van der Waals surface area contributed by atoms with Gasteiger partial charge in [0.15, 0.2) is 5.13 Å². The van der Waals surface area contributed by atoms with E-state index in [1.54, 1.807) is 17.9 Å². The van der Waals surface area contributed by atoms with E-state index in [0.717, 1.165) is 29.3 Å². The molecule has 0 saturated carbocycles. The van der Waals surface area contributed by atoms with Gasteiger partial charge in [-0.1, -0.05) is 18.2 Å². The van der Waals surface area contributed by atoms with Crippen molar-refractivity contribution < 1.29 is 14.3 Å². The van der Waals surface area contributed by atoms with E-state index in [0.29, 0.717) is 22.9 Å². The Labute approximate surface area is 186 Å². The number of carbonyl (C=O) groups excluding carboxylic acids is 2. The Hall–Kier alpha value is -3.19. The highest BCUT2D eigenvalue weighted by molar-refractivity contribution is 7.14. The van der Waals surface area contributed by atoms with Gasteiger partial charge in [0, 0.05) is 35.0 Å². The van der Waals surface area contributed by atoms with Crippen LogP contribution in [0.2, 0.25) is 0 Å². The van der Waals surface area contributed by atoms with Gasteiger partial charge in [-0.25, -0.2) is 9.78 Å². The number of benzene rings is 1. The number of thiazole rings is 1. The van der Waals surface area contributed by atoms with Crippen molar-refractivity contribution in [2.75, 3.05) is 11.5 Å². The average molecular weight is 438 g/mol. The van der Waals surface area contributed by atoms with Crippen LogP contribution < -0.4 is 4.90 Å². The Bertz CT molecular complexity index is 1110. The topological polar surface area (TPSA) is 64.4 Å². The summed E-state index contributed by atoms with van der Waals surface area (Å²) in [5.41, 5.74) is 4.55. The number of amides is 1. The lowest BCUT2D eigenvalue weighted by Crippen LogP contribution is -2.23. The molecule has 0 aliphatic carbocycles. The van der Waals surface area contributed by atoms with Crippen LogP contribution in [0.4, 0.5) is 10.8 Å². The van der Waals surface area contributed by atoms with Gasteiger partial charge in [-0.3, -0.25) is 9.69 Å². The summed E-state index contributed by atoms with van der Waals surface area (Å²) in [5, 5.41) is 2.51. The van der Waals surface area contributed by atoms with Gasteiger partial charge in [-0.05, 0) is 52.8 Å². The molecule has 3 rings (SSSR count). The molecular weight excluding hydrogens is 410 g/mol. The summed E-state index contributed by atoms with van der Waals surface area (Å²) in [5.74, 6) is -0.616. The van der Waals surface area contributed by atoms with Crippen LogP contribution in [0.1, 0.15) is 46.9 Å². The molecule has 0 aliphatic heterocycles. The third kappa shape index (κ3) is 4.61. The van der Waals surface area contributed by atoms with Gasteiger partial charge in [-0.15, -0.1) is 11.3 Å². The van der Waals surface area contributed by atoms with Crippen LogP contribution in [0.15, 0.2) is 41.8 Å². The van der Waals surface area contributed by atoms with E-state index < -0.39 is 0 Å². The number of para-hydroxylation sites is 1. The standard InChI is InChI=1S/C24H27N3O3S/c1-6-26-17(4)20(22(18(26)5)23(29)30-7-2)13-14-21(28)27(19-11-9-8-10-12-19)24-25-16(3)15-31-24/h8-15H,6-7H2,1-5H3/b14-13+. The number of esters is 1. The molecule has 0 bridgehead atoms. The summed E-state index contributed by atoms with van der Waals surface area (Å²) in [6.45, 7) is 10.6. The predicted octanol–water partition coefficient (Wildman–Crippen LogP) is 5.44. The molecule has 0 saturated heterocycles. The smallest absolute Gasteiger partial charge is 0.340 e. The van der Waals surface area contributed by atoms with Crippen LogP contribution in [-0.4, -0.2) is 28.0 Å². The van der Waals surface area contributed by atoms with Crippen molar-refractivity contribution in [2.45, 2.75) is 41.2 Å². The first-order valence-corrected chi connectivity index (χ1v) is 11.1. The normalized spacial score (nSPS) is 11.1. The number of aromatic nitrogens is 2. The lowest BCUT2D eigenvalue weighted by atomic mass is 10.1. The number of anilines is 2. The van der Waals surface area contributed by atoms with Crippen LogP contribution in [0, 0.1) is 20.8 Å². The van der Waals surface area contributed by atoms with Gasteiger partial charge in [0.25, 0.3) is 5.91 Å². The van der Waals surface area contributed by atoms with E-state index in [4.69, 9.17) is 4.74 Å². The third-order valence-corrected chi connectivity index (χ3v) is 6.00. The third-order valence-electron chi connectivity index (χ3n) is 5.05. The van der Waals surface area contributed by atoms with Crippen LogP contribution in [0.3, 0.4) is 0 Å². The number of aryl methyl sites for hydroxylation is 1. The van der Waals surface area contributed by atoms with Crippen molar-refractivity contribution in [2.24, 2.45) is 0 Å². The maximum Gasteiger partial charge on any atom is 0.340 e. The Kier molecular flexibility index (Phi) is 7.07. The van der Waals surface area contributed by atoms with E-state index in [1.807, 2.05) is 63.4 Å². The van der Waals surface area contributed by atoms with Crippen LogP contribution in [0.5, 0.6) is 0 Å². The Balaban J connectivity index is 2.03. The average Bonchev–Trinajstić information content (AvgIpc) is 3.27. The second-order valence-electron chi connectivity index (χ2n) is 7.04. The van der Waals surface area contributed by atoms with Crippen LogP contribution in [-0.2, 0) is 16.1 Å². The minimum absolute atomic E-state index is 0.239. The summed E-state index contributed by atoms with van der Waals surface area (Å²) >= 11 is 1.41. The Morgan fingerprint density at radius 2 is 1.84 bits per heavy atom. The molecule has 6 nitrogen and oxygen atoms in total. The fourth-order valence-corrected chi connectivity index (χ4v) is 4.46. The SMILES string of the molecule is CCOC(=O)c1c(/C=C/C(=O)N(c2ccccc2)c2nc(C)cs2)c(C)n(CC)c1C. The number of hydrogen-bond acceptors (Lipinski definition) is 5. The zero-order valence-corrected chi connectivity index (χ0v) is 19.3. The molecule has 1 amide bonds. The molecule has 2 aromatic heterocycles. The predicted molar refractivity (Wildman–Crippen MR) is 125 cm³/mol. The van der Waals surface area contributed by atoms with E-state index >= 15 is 0 Å². The highest BCUT2D eigenvalue weighted by Crippen LogP contribution is 2.30. The first-order valence-electron chi connectivity index (χ1n) is 10.2. The second-order valence-corrected chi connectivity index (χ2v) is 7.87. The molecule has 0 N–H and O–H groups in total. The molecule has 1 aromatic carbocycles. The summed E-state index contributed by atoms with van der Waals surface area (Å²) < 4.78 is 7.32. The van der Waals surface area contributed by atoms with Crippen molar-refractivity contribution in [3.8, 4) is 0 Å². The molecule has 162 valence electrons. The number of rotatable bonds is 7. The first-order chi connectivity index (χ1) is 14.9. The maximum absolute atomic E-state index is 13.3.